The Morgan fingerprint density at radius 2 is 2.30 bits per heavy atom. The van der Waals surface area contributed by atoms with Crippen LogP contribution in [-0.4, -0.2) is 41.3 Å². The molecule has 0 spiro atoms. The number of hydrogen-bond acceptors (Lipinski definition) is 4. The summed E-state index contributed by atoms with van der Waals surface area (Å²) in [6, 6.07) is 5.65. The van der Waals surface area contributed by atoms with Gasteiger partial charge in [-0.1, -0.05) is 0 Å². The lowest BCUT2D eigenvalue weighted by atomic mass is 10.1. The summed E-state index contributed by atoms with van der Waals surface area (Å²) in [7, 11) is 0. The zero-order valence-corrected chi connectivity index (χ0v) is 12.8. The molecule has 1 fully saturated rings. The van der Waals surface area contributed by atoms with Gasteiger partial charge in [-0.2, -0.15) is 0 Å². The third-order valence-corrected chi connectivity index (χ3v) is 4.32. The van der Waals surface area contributed by atoms with Gasteiger partial charge in [-0.05, 0) is 31.0 Å². The lowest BCUT2D eigenvalue weighted by Gasteiger charge is -2.23. The number of aromatic nitrogens is 2. The zero-order valence-electron chi connectivity index (χ0n) is 12.8. The highest BCUT2D eigenvalue weighted by molar-refractivity contribution is 5.96. The number of imidazole rings is 1. The van der Waals surface area contributed by atoms with Gasteiger partial charge in [0, 0.05) is 17.7 Å². The number of rotatable bonds is 2. The fourth-order valence-electron chi connectivity index (χ4n) is 3.10. The largest absolute Gasteiger partial charge is 0.491 e. The van der Waals surface area contributed by atoms with E-state index >= 15 is 0 Å². The predicted octanol–water partition coefficient (Wildman–Crippen LogP) is 1.85. The van der Waals surface area contributed by atoms with E-state index in [2.05, 4.69) is 10.3 Å². The van der Waals surface area contributed by atoms with Crippen LogP contribution in [0.3, 0.4) is 0 Å². The van der Waals surface area contributed by atoms with Gasteiger partial charge in [0.05, 0.1) is 37.4 Å². The number of ether oxygens (including phenoxy) is 2. The number of amides is 1. The maximum atomic E-state index is 12.5. The average Bonchev–Trinajstić information content (AvgIpc) is 2.97. The molecule has 1 atom stereocenters. The minimum absolute atomic E-state index is 0.0707. The van der Waals surface area contributed by atoms with Crippen molar-refractivity contribution in [2.24, 2.45) is 0 Å². The fourth-order valence-corrected chi connectivity index (χ4v) is 3.10. The van der Waals surface area contributed by atoms with Gasteiger partial charge in [-0.25, -0.2) is 4.98 Å². The Morgan fingerprint density at radius 1 is 1.35 bits per heavy atom. The summed E-state index contributed by atoms with van der Waals surface area (Å²) in [5, 5.41) is 3.05. The summed E-state index contributed by atoms with van der Waals surface area (Å²) in [4.78, 5) is 16.7. The third kappa shape index (κ3) is 2.82. The van der Waals surface area contributed by atoms with Gasteiger partial charge in [0.25, 0.3) is 5.91 Å². The summed E-state index contributed by atoms with van der Waals surface area (Å²) in [5.41, 5.74) is 2.52. The van der Waals surface area contributed by atoms with Gasteiger partial charge in [-0.15, -0.1) is 0 Å². The molecule has 4 rings (SSSR count). The summed E-state index contributed by atoms with van der Waals surface area (Å²) in [6.07, 6.45) is 5.55. The Kier molecular flexibility index (Phi) is 3.75. The number of nitrogens with one attached hydrogen (secondary N) is 1. The zero-order chi connectivity index (χ0) is 15.6. The van der Waals surface area contributed by atoms with Crippen LogP contribution in [0.25, 0.3) is 11.3 Å². The number of carbonyl (C=O) groups excluding carboxylic acids is 1. The van der Waals surface area contributed by atoms with Crippen LogP contribution < -0.4 is 10.1 Å². The van der Waals surface area contributed by atoms with Gasteiger partial charge in [0.1, 0.15) is 12.4 Å². The van der Waals surface area contributed by atoms with Crippen LogP contribution in [-0.2, 0) is 11.3 Å². The first-order valence-electron chi connectivity index (χ1n) is 7.97. The minimum Gasteiger partial charge on any atom is -0.491 e. The number of fused-ring (bicyclic) bond motifs is 3. The lowest BCUT2D eigenvalue weighted by Crippen LogP contribution is -2.40. The van der Waals surface area contributed by atoms with Crippen LogP contribution in [0.4, 0.5) is 0 Å². The molecule has 3 heterocycles. The van der Waals surface area contributed by atoms with E-state index < -0.39 is 0 Å². The maximum Gasteiger partial charge on any atom is 0.251 e. The number of benzene rings is 1. The summed E-state index contributed by atoms with van der Waals surface area (Å²) < 4.78 is 13.2. The Balaban J connectivity index is 1.61. The van der Waals surface area contributed by atoms with E-state index in [1.54, 1.807) is 6.33 Å². The van der Waals surface area contributed by atoms with Crippen molar-refractivity contribution >= 4 is 5.91 Å². The van der Waals surface area contributed by atoms with E-state index in [4.69, 9.17) is 9.47 Å². The van der Waals surface area contributed by atoms with Crippen LogP contribution in [0.2, 0.25) is 0 Å². The fraction of sp³-hybridized carbons (Fsp3) is 0.412. The molecule has 2 aliphatic heterocycles. The highest BCUT2D eigenvalue weighted by atomic mass is 16.5. The molecule has 2 aromatic rings. The predicted molar refractivity (Wildman–Crippen MR) is 84.5 cm³/mol. The van der Waals surface area contributed by atoms with Crippen molar-refractivity contribution in [1.29, 1.82) is 0 Å². The molecule has 120 valence electrons. The van der Waals surface area contributed by atoms with Crippen LogP contribution in [0, 0.1) is 0 Å². The first-order valence-corrected chi connectivity index (χ1v) is 7.97. The van der Waals surface area contributed by atoms with Crippen LogP contribution in [0.5, 0.6) is 5.75 Å². The molecule has 2 aliphatic rings. The molecule has 23 heavy (non-hydrogen) atoms. The molecule has 0 bridgehead atoms. The topological polar surface area (TPSA) is 65.4 Å². The van der Waals surface area contributed by atoms with Gasteiger partial charge in [0.2, 0.25) is 0 Å². The number of carbonyl (C=O) groups is 1. The van der Waals surface area contributed by atoms with Gasteiger partial charge < -0.3 is 19.4 Å². The van der Waals surface area contributed by atoms with E-state index in [0.29, 0.717) is 18.8 Å². The van der Waals surface area contributed by atoms with E-state index in [9.17, 15) is 4.79 Å². The molecule has 1 saturated heterocycles. The van der Waals surface area contributed by atoms with E-state index in [1.807, 2.05) is 29.0 Å². The summed E-state index contributed by atoms with van der Waals surface area (Å²) in [5.74, 6) is 0.723. The van der Waals surface area contributed by atoms with Gasteiger partial charge >= 0.3 is 0 Å². The minimum atomic E-state index is -0.0707. The Hall–Kier alpha value is -2.34. The van der Waals surface area contributed by atoms with Crippen molar-refractivity contribution in [2.75, 3.05) is 19.8 Å². The van der Waals surface area contributed by atoms with Crippen molar-refractivity contribution in [2.45, 2.75) is 25.4 Å². The van der Waals surface area contributed by atoms with E-state index in [1.165, 1.54) is 0 Å². The highest BCUT2D eigenvalue weighted by Crippen LogP contribution is 2.33. The van der Waals surface area contributed by atoms with Crippen molar-refractivity contribution in [3.8, 4) is 17.0 Å². The number of nitrogens with zero attached hydrogens (tertiary/aromatic N) is 2. The molecule has 6 nitrogen and oxygen atoms in total. The van der Waals surface area contributed by atoms with Crippen molar-refractivity contribution < 1.29 is 14.3 Å². The van der Waals surface area contributed by atoms with Crippen LogP contribution in [0.15, 0.2) is 30.7 Å². The average molecular weight is 313 g/mol. The normalized spacial score (nSPS) is 19.9. The molecule has 0 radical (unpaired) electrons. The second-order valence-corrected chi connectivity index (χ2v) is 5.92. The quantitative estimate of drug-likeness (QED) is 0.919. The highest BCUT2D eigenvalue weighted by Gasteiger charge is 2.20. The first kappa shape index (κ1) is 14.3. The molecule has 0 aliphatic carbocycles. The van der Waals surface area contributed by atoms with Crippen molar-refractivity contribution in [3.63, 3.8) is 0 Å². The monoisotopic (exact) mass is 313 g/mol. The molecule has 1 amide bonds. The Labute approximate surface area is 134 Å². The maximum absolute atomic E-state index is 12.5. The standard InChI is InChI=1S/C17H19N3O3/c21-17(19-13-2-1-6-22-10-13)12-3-4-16-14(8-12)15-9-18-11-20(15)5-7-23-16/h3-4,8-9,11,13H,1-2,5-7,10H2,(H,19,21)/t13-/m1/s1. The molecule has 1 aromatic carbocycles. The van der Waals surface area contributed by atoms with Crippen molar-refractivity contribution in [1.82, 2.24) is 14.9 Å². The molecular formula is C17H19N3O3. The second-order valence-electron chi connectivity index (χ2n) is 5.92. The first-order chi connectivity index (χ1) is 11.3. The second kappa shape index (κ2) is 6.04. The van der Waals surface area contributed by atoms with Gasteiger partial charge in [-0.3, -0.25) is 4.79 Å². The number of hydrogen-bond donors (Lipinski definition) is 1. The van der Waals surface area contributed by atoms with Crippen molar-refractivity contribution in [3.05, 3.63) is 36.3 Å². The lowest BCUT2D eigenvalue weighted by molar-refractivity contribution is 0.0624. The molecule has 0 unspecified atom stereocenters. The Bertz CT molecular complexity index is 720. The summed E-state index contributed by atoms with van der Waals surface area (Å²) in [6.45, 7) is 2.73. The molecule has 1 aromatic heterocycles. The van der Waals surface area contributed by atoms with E-state index in [0.717, 1.165) is 43.0 Å². The molecule has 6 heteroatoms. The van der Waals surface area contributed by atoms with Crippen LogP contribution in [0.1, 0.15) is 23.2 Å². The molecule has 0 saturated carbocycles. The smallest absolute Gasteiger partial charge is 0.251 e. The Morgan fingerprint density at radius 3 is 3.17 bits per heavy atom. The van der Waals surface area contributed by atoms with Crippen LogP contribution >= 0.6 is 0 Å². The summed E-state index contributed by atoms with van der Waals surface area (Å²) >= 11 is 0. The molecule has 1 N–H and O–H groups in total. The van der Waals surface area contributed by atoms with Gasteiger partial charge in [0.15, 0.2) is 0 Å². The van der Waals surface area contributed by atoms with E-state index in [-0.39, 0.29) is 11.9 Å². The third-order valence-electron chi connectivity index (χ3n) is 4.32. The SMILES string of the molecule is O=C(N[C@@H]1CCCOC1)c1ccc2c(c1)-c1cncn1CCO2. The molecular weight excluding hydrogens is 294 g/mol.